The molecule has 1 unspecified atom stereocenters. The van der Waals surface area contributed by atoms with Gasteiger partial charge in [-0.05, 0) is 32.1 Å². The van der Waals surface area contributed by atoms with Gasteiger partial charge in [0.1, 0.15) is 12.1 Å². The Balaban J connectivity index is 1.33. The molecule has 3 fully saturated rings. The second-order valence-electron chi connectivity index (χ2n) is 6.92. The number of hydrogen-bond donors (Lipinski definition) is 1. The van der Waals surface area contributed by atoms with Crippen molar-refractivity contribution in [3.05, 3.63) is 18.1 Å². The maximum Gasteiger partial charge on any atom is 0.129 e. The summed E-state index contributed by atoms with van der Waals surface area (Å²) in [6, 6.07) is 3.41. The van der Waals surface area contributed by atoms with Gasteiger partial charge in [0.25, 0.3) is 0 Å². The topological polar surface area (TPSA) is 50.3 Å². The van der Waals surface area contributed by atoms with Crippen LogP contribution < -0.4 is 5.32 Å². The van der Waals surface area contributed by atoms with Gasteiger partial charge in [-0.15, -0.1) is 0 Å². The van der Waals surface area contributed by atoms with Gasteiger partial charge in [0, 0.05) is 56.1 Å². The molecule has 2 saturated heterocycles. The number of anilines is 1. The standard InChI is InChI=1S/C17H26N4O/c1-2-13(3-1)16-10-17(19-12-18-16)20-14-4-7-21(11-14)15-5-8-22-9-6-15/h10,12-15H,1-9,11H2,(H,18,19,20). The number of nitrogens with one attached hydrogen (secondary N) is 1. The Hall–Kier alpha value is -1.20. The molecule has 4 rings (SSSR count). The molecule has 5 heteroatoms. The summed E-state index contributed by atoms with van der Waals surface area (Å²) < 4.78 is 5.47. The molecule has 1 saturated carbocycles. The highest BCUT2D eigenvalue weighted by Crippen LogP contribution is 2.35. The van der Waals surface area contributed by atoms with Crippen LogP contribution in [0.15, 0.2) is 12.4 Å². The summed E-state index contributed by atoms with van der Waals surface area (Å²) in [6.45, 7) is 4.18. The van der Waals surface area contributed by atoms with E-state index in [1.54, 1.807) is 6.33 Å². The monoisotopic (exact) mass is 302 g/mol. The molecule has 5 nitrogen and oxygen atoms in total. The average Bonchev–Trinajstić information content (AvgIpc) is 2.95. The fourth-order valence-corrected chi connectivity index (χ4v) is 3.87. The SMILES string of the molecule is c1nc(NC2CCN(C3CCOCC3)C2)cc(C2CCC2)n1. The van der Waals surface area contributed by atoms with Gasteiger partial charge in [-0.3, -0.25) is 4.90 Å². The van der Waals surface area contributed by atoms with Crippen LogP contribution in [-0.4, -0.2) is 53.3 Å². The van der Waals surface area contributed by atoms with Gasteiger partial charge < -0.3 is 10.1 Å². The van der Waals surface area contributed by atoms with E-state index in [4.69, 9.17) is 4.74 Å². The third kappa shape index (κ3) is 3.10. The van der Waals surface area contributed by atoms with E-state index in [0.717, 1.165) is 31.6 Å². The molecule has 0 amide bonds. The van der Waals surface area contributed by atoms with E-state index in [0.29, 0.717) is 12.0 Å². The van der Waals surface area contributed by atoms with Crippen LogP contribution in [0, 0.1) is 0 Å². The summed E-state index contributed by atoms with van der Waals surface area (Å²) >= 11 is 0. The van der Waals surface area contributed by atoms with Crippen molar-refractivity contribution < 1.29 is 4.74 Å². The van der Waals surface area contributed by atoms with Crippen LogP contribution in [0.25, 0.3) is 0 Å². The van der Waals surface area contributed by atoms with Gasteiger partial charge in [0.15, 0.2) is 0 Å². The molecular formula is C17H26N4O. The predicted octanol–water partition coefficient (Wildman–Crippen LogP) is 2.41. The van der Waals surface area contributed by atoms with Crippen molar-refractivity contribution >= 4 is 5.82 Å². The van der Waals surface area contributed by atoms with E-state index in [1.165, 1.54) is 50.8 Å². The predicted molar refractivity (Wildman–Crippen MR) is 86.1 cm³/mol. The molecule has 0 aromatic carbocycles. The van der Waals surface area contributed by atoms with Crippen molar-refractivity contribution in [1.82, 2.24) is 14.9 Å². The zero-order valence-corrected chi connectivity index (χ0v) is 13.2. The maximum atomic E-state index is 5.47. The third-order valence-electron chi connectivity index (χ3n) is 5.49. The zero-order chi connectivity index (χ0) is 14.8. The first-order chi connectivity index (χ1) is 10.9. The van der Waals surface area contributed by atoms with Crippen molar-refractivity contribution in [2.45, 2.75) is 56.5 Å². The van der Waals surface area contributed by atoms with Crippen LogP contribution in [0.5, 0.6) is 0 Å². The van der Waals surface area contributed by atoms with Gasteiger partial charge in [-0.2, -0.15) is 0 Å². The van der Waals surface area contributed by atoms with E-state index < -0.39 is 0 Å². The normalized spacial score (nSPS) is 27.7. The molecular weight excluding hydrogens is 276 g/mol. The maximum absolute atomic E-state index is 5.47. The molecule has 1 aromatic heterocycles. The average molecular weight is 302 g/mol. The fraction of sp³-hybridized carbons (Fsp3) is 0.765. The summed E-state index contributed by atoms with van der Waals surface area (Å²) in [5.74, 6) is 1.68. The number of likely N-dealkylation sites (tertiary alicyclic amines) is 1. The minimum Gasteiger partial charge on any atom is -0.381 e. The lowest BCUT2D eigenvalue weighted by Gasteiger charge is -2.31. The summed E-state index contributed by atoms with van der Waals surface area (Å²) in [6.07, 6.45) is 9.23. The molecule has 0 spiro atoms. The Morgan fingerprint density at radius 3 is 2.73 bits per heavy atom. The van der Waals surface area contributed by atoms with Gasteiger partial charge in [-0.25, -0.2) is 9.97 Å². The van der Waals surface area contributed by atoms with Gasteiger partial charge in [0.05, 0.1) is 0 Å². The van der Waals surface area contributed by atoms with Crippen molar-refractivity contribution in [2.24, 2.45) is 0 Å². The van der Waals surface area contributed by atoms with Crippen molar-refractivity contribution in [1.29, 1.82) is 0 Å². The van der Waals surface area contributed by atoms with E-state index in [9.17, 15) is 0 Å². The number of rotatable bonds is 4. The Labute approximate surface area is 132 Å². The van der Waals surface area contributed by atoms with Crippen molar-refractivity contribution in [2.75, 3.05) is 31.6 Å². The second kappa shape index (κ2) is 6.50. The van der Waals surface area contributed by atoms with Gasteiger partial charge in [-0.1, -0.05) is 6.42 Å². The van der Waals surface area contributed by atoms with Crippen LogP contribution in [-0.2, 0) is 4.74 Å². The van der Waals surface area contributed by atoms with Crippen molar-refractivity contribution in [3.8, 4) is 0 Å². The summed E-state index contributed by atoms with van der Waals surface area (Å²) in [7, 11) is 0. The third-order valence-corrected chi connectivity index (χ3v) is 5.49. The van der Waals surface area contributed by atoms with Crippen LogP contribution in [0.4, 0.5) is 5.82 Å². The molecule has 120 valence electrons. The lowest BCUT2D eigenvalue weighted by molar-refractivity contribution is 0.0421. The number of ether oxygens (including phenoxy) is 1. The minimum absolute atomic E-state index is 0.520. The molecule has 1 atom stereocenters. The zero-order valence-electron chi connectivity index (χ0n) is 13.2. The molecule has 1 aromatic rings. The highest BCUT2D eigenvalue weighted by atomic mass is 16.5. The quantitative estimate of drug-likeness (QED) is 0.925. The van der Waals surface area contributed by atoms with Gasteiger partial charge in [0.2, 0.25) is 0 Å². The molecule has 3 aliphatic rings. The molecule has 1 aliphatic carbocycles. The molecule has 2 aliphatic heterocycles. The van der Waals surface area contributed by atoms with Crippen LogP contribution in [0.1, 0.15) is 50.1 Å². The van der Waals surface area contributed by atoms with Crippen molar-refractivity contribution in [3.63, 3.8) is 0 Å². The fourth-order valence-electron chi connectivity index (χ4n) is 3.87. The van der Waals surface area contributed by atoms with Crippen LogP contribution >= 0.6 is 0 Å². The second-order valence-corrected chi connectivity index (χ2v) is 6.92. The lowest BCUT2D eigenvalue weighted by Crippen LogP contribution is -2.39. The lowest BCUT2D eigenvalue weighted by atomic mass is 9.83. The first-order valence-electron chi connectivity index (χ1n) is 8.79. The Bertz CT molecular complexity index is 499. The van der Waals surface area contributed by atoms with Gasteiger partial charge >= 0.3 is 0 Å². The largest absolute Gasteiger partial charge is 0.381 e. The summed E-state index contributed by atoms with van der Waals surface area (Å²) in [5, 5.41) is 3.63. The van der Waals surface area contributed by atoms with Crippen LogP contribution in [0.2, 0.25) is 0 Å². The Kier molecular flexibility index (Phi) is 4.26. The number of hydrogen-bond acceptors (Lipinski definition) is 5. The molecule has 0 radical (unpaired) electrons. The smallest absolute Gasteiger partial charge is 0.129 e. The molecule has 0 bridgehead atoms. The van der Waals surface area contributed by atoms with E-state index in [-0.39, 0.29) is 0 Å². The highest BCUT2D eigenvalue weighted by molar-refractivity contribution is 5.37. The highest BCUT2D eigenvalue weighted by Gasteiger charge is 2.29. The Morgan fingerprint density at radius 2 is 1.95 bits per heavy atom. The number of aromatic nitrogens is 2. The Morgan fingerprint density at radius 1 is 1.09 bits per heavy atom. The number of nitrogens with zero attached hydrogens (tertiary/aromatic N) is 3. The van der Waals surface area contributed by atoms with Crippen LogP contribution in [0.3, 0.4) is 0 Å². The summed E-state index contributed by atoms with van der Waals surface area (Å²) in [4.78, 5) is 11.5. The van der Waals surface area contributed by atoms with E-state index in [2.05, 4.69) is 26.3 Å². The molecule has 3 heterocycles. The van der Waals surface area contributed by atoms with E-state index in [1.807, 2.05) is 0 Å². The summed E-state index contributed by atoms with van der Waals surface area (Å²) in [5.41, 5.74) is 1.23. The molecule has 22 heavy (non-hydrogen) atoms. The van der Waals surface area contributed by atoms with E-state index >= 15 is 0 Å². The first-order valence-corrected chi connectivity index (χ1v) is 8.79. The molecule has 1 N–H and O–H groups in total. The first kappa shape index (κ1) is 14.4. The minimum atomic E-state index is 0.520.